The molecule has 3 rings (SSSR count). The first-order valence-corrected chi connectivity index (χ1v) is 11.6. The highest BCUT2D eigenvalue weighted by Crippen LogP contribution is 2.39. The molecule has 2 amide bonds. The molecule has 1 saturated heterocycles. The molecule has 0 bridgehead atoms. The lowest BCUT2D eigenvalue weighted by Crippen LogP contribution is -2.42. The third-order valence-corrected chi connectivity index (χ3v) is 6.11. The van der Waals surface area contributed by atoms with Gasteiger partial charge in [-0.15, -0.1) is 0 Å². The van der Waals surface area contributed by atoms with Crippen molar-refractivity contribution in [2.45, 2.75) is 26.5 Å². The first-order valence-electron chi connectivity index (χ1n) is 10.4. The van der Waals surface area contributed by atoms with Gasteiger partial charge in [0.05, 0.1) is 29.2 Å². The van der Waals surface area contributed by atoms with E-state index in [0.29, 0.717) is 22.9 Å². The fourth-order valence-electron chi connectivity index (χ4n) is 3.25. The number of nitrogens with zero attached hydrogens (tertiary/aromatic N) is 1. The molecule has 0 radical (unpaired) electrons. The number of halogens is 1. The quantitative estimate of drug-likeness (QED) is 0.374. The Morgan fingerprint density at radius 1 is 1.23 bits per heavy atom. The number of carboxylic acids is 1. The number of ether oxygens (including phenoxy) is 3. The van der Waals surface area contributed by atoms with Gasteiger partial charge in [0.1, 0.15) is 12.6 Å². The zero-order valence-electron chi connectivity index (χ0n) is 19.1. The Morgan fingerprint density at radius 2 is 1.97 bits per heavy atom. The number of carbonyl (C=O) groups excluding carboxylic acids is 3. The molecule has 0 aromatic heterocycles. The Hall–Kier alpha value is -3.50. The van der Waals surface area contributed by atoms with Crippen LogP contribution in [-0.4, -0.2) is 52.8 Å². The van der Waals surface area contributed by atoms with E-state index in [0.717, 1.165) is 4.90 Å². The van der Waals surface area contributed by atoms with E-state index < -0.39 is 29.1 Å². The van der Waals surface area contributed by atoms with Crippen LogP contribution in [0.15, 0.2) is 41.3 Å². The van der Waals surface area contributed by atoms with Crippen molar-refractivity contribution < 1.29 is 38.5 Å². The number of thioether (sulfide) groups is 1. The molecule has 35 heavy (non-hydrogen) atoms. The summed E-state index contributed by atoms with van der Waals surface area (Å²) < 4.78 is 16.1. The van der Waals surface area contributed by atoms with Gasteiger partial charge in [-0.1, -0.05) is 23.7 Å². The van der Waals surface area contributed by atoms with Crippen LogP contribution < -0.4 is 9.47 Å². The van der Waals surface area contributed by atoms with Crippen LogP contribution in [0.1, 0.15) is 35.3 Å². The number of hydrogen-bond donors (Lipinski definition) is 1. The zero-order valence-corrected chi connectivity index (χ0v) is 20.6. The lowest BCUT2D eigenvalue weighted by molar-refractivity contribution is -0.150. The molecule has 0 saturated carbocycles. The van der Waals surface area contributed by atoms with Crippen LogP contribution in [0.25, 0.3) is 6.08 Å². The van der Waals surface area contributed by atoms with Gasteiger partial charge < -0.3 is 19.3 Å². The summed E-state index contributed by atoms with van der Waals surface area (Å²) in [6.45, 7) is 3.24. The highest BCUT2D eigenvalue weighted by Gasteiger charge is 2.41. The predicted molar refractivity (Wildman–Crippen MR) is 130 cm³/mol. The number of carboxylic acid groups (broad SMARTS) is 1. The summed E-state index contributed by atoms with van der Waals surface area (Å²) in [6, 6.07) is 8.36. The zero-order chi connectivity index (χ0) is 25.7. The molecule has 2 aromatic rings. The number of amides is 2. The van der Waals surface area contributed by atoms with Gasteiger partial charge in [0.2, 0.25) is 0 Å². The molecule has 2 aromatic carbocycles. The molecule has 11 heteroatoms. The monoisotopic (exact) mass is 519 g/mol. The van der Waals surface area contributed by atoms with Crippen molar-refractivity contribution >= 4 is 52.5 Å². The Labute approximate surface area is 210 Å². The molecule has 1 N–H and O–H groups in total. The standard InChI is InChI=1S/C24H22ClNO8S/c1-4-33-23(30)13(2)26-21(27)19(35-24(26)31)11-15-9-17(25)20(18(10-15)32-3)34-12-14-6-5-7-16(8-14)22(28)29/h5-11,13H,4,12H2,1-3H3,(H,28,29)/b19-11+/t13-/m1/s1. The summed E-state index contributed by atoms with van der Waals surface area (Å²) in [4.78, 5) is 49.3. The van der Waals surface area contributed by atoms with E-state index in [1.807, 2.05) is 0 Å². The number of benzene rings is 2. The highest BCUT2D eigenvalue weighted by atomic mass is 35.5. The maximum absolute atomic E-state index is 12.8. The number of rotatable bonds is 9. The van der Waals surface area contributed by atoms with Crippen LogP contribution in [0, 0.1) is 0 Å². The van der Waals surface area contributed by atoms with Gasteiger partial charge in [-0.2, -0.15) is 0 Å². The van der Waals surface area contributed by atoms with Crippen molar-refractivity contribution in [1.29, 1.82) is 0 Å². The minimum Gasteiger partial charge on any atom is -0.493 e. The van der Waals surface area contributed by atoms with Gasteiger partial charge in [-0.25, -0.2) is 9.59 Å². The summed E-state index contributed by atoms with van der Waals surface area (Å²) >= 11 is 7.11. The molecule has 184 valence electrons. The summed E-state index contributed by atoms with van der Waals surface area (Å²) in [7, 11) is 1.42. The molecule has 0 spiro atoms. The molecule has 1 atom stereocenters. The van der Waals surface area contributed by atoms with Crippen LogP contribution in [0.3, 0.4) is 0 Å². The minimum atomic E-state index is -1.05. The van der Waals surface area contributed by atoms with Crippen LogP contribution in [0.5, 0.6) is 11.5 Å². The smallest absolute Gasteiger partial charge is 0.335 e. The molecular formula is C24H22ClNO8S. The van der Waals surface area contributed by atoms with E-state index in [4.69, 9.17) is 30.9 Å². The molecule has 1 fully saturated rings. The van der Waals surface area contributed by atoms with Crippen LogP contribution >= 0.6 is 23.4 Å². The van der Waals surface area contributed by atoms with E-state index in [1.165, 1.54) is 38.3 Å². The second-order valence-electron chi connectivity index (χ2n) is 7.31. The number of hydrogen-bond acceptors (Lipinski definition) is 8. The van der Waals surface area contributed by atoms with Crippen molar-refractivity contribution in [1.82, 2.24) is 4.90 Å². The van der Waals surface area contributed by atoms with E-state index in [9.17, 15) is 19.2 Å². The lowest BCUT2D eigenvalue weighted by Gasteiger charge is -2.19. The largest absolute Gasteiger partial charge is 0.493 e. The predicted octanol–water partition coefficient (Wildman–Crippen LogP) is 4.61. The maximum Gasteiger partial charge on any atom is 0.335 e. The normalized spacial score (nSPS) is 15.3. The van der Waals surface area contributed by atoms with Crippen molar-refractivity contribution in [2.75, 3.05) is 13.7 Å². The molecule has 1 heterocycles. The second-order valence-corrected chi connectivity index (χ2v) is 8.71. The van der Waals surface area contributed by atoms with Gasteiger partial charge in [0.15, 0.2) is 11.5 Å². The third kappa shape index (κ3) is 5.95. The number of aromatic carboxylic acids is 1. The Morgan fingerprint density at radius 3 is 2.63 bits per heavy atom. The van der Waals surface area contributed by atoms with E-state index in [2.05, 4.69) is 0 Å². The lowest BCUT2D eigenvalue weighted by atomic mass is 10.1. The first-order chi connectivity index (χ1) is 16.7. The molecule has 0 aliphatic carbocycles. The Balaban J connectivity index is 1.82. The van der Waals surface area contributed by atoms with Gasteiger partial charge in [0, 0.05) is 0 Å². The fraction of sp³-hybridized carbons (Fsp3) is 0.250. The van der Waals surface area contributed by atoms with Crippen LogP contribution in [0.2, 0.25) is 5.02 Å². The van der Waals surface area contributed by atoms with Crippen LogP contribution in [0.4, 0.5) is 4.79 Å². The van der Waals surface area contributed by atoms with Gasteiger partial charge >= 0.3 is 11.9 Å². The number of imide groups is 1. The molecule has 1 aliphatic rings. The van der Waals surface area contributed by atoms with Gasteiger partial charge in [-0.3, -0.25) is 14.5 Å². The number of methoxy groups -OCH3 is 1. The van der Waals surface area contributed by atoms with Crippen molar-refractivity contribution in [3.05, 3.63) is 63.0 Å². The Bertz CT molecular complexity index is 1210. The summed E-state index contributed by atoms with van der Waals surface area (Å²) in [5.41, 5.74) is 1.23. The van der Waals surface area contributed by atoms with Crippen molar-refractivity contribution in [3.63, 3.8) is 0 Å². The second kappa shape index (κ2) is 11.3. The van der Waals surface area contributed by atoms with E-state index in [1.54, 1.807) is 25.1 Å². The average molecular weight is 520 g/mol. The fourth-order valence-corrected chi connectivity index (χ4v) is 4.43. The van der Waals surface area contributed by atoms with Crippen molar-refractivity contribution in [2.24, 2.45) is 0 Å². The SMILES string of the molecule is CCOC(=O)[C@@H](C)N1C(=O)S/C(=C/c2cc(Cl)c(OCc3cccc(C(=O)O)c3)c(OC)c2)C1=O. The first kappa shape index (κ1) is 26.1. The Kier molecular flexibility index (Phi) is 8.42. The average Bonchev–Trinajstić information content (AvgIpc) is 3.10. The number of esters is 1. The topological polar surface area (TPSA) is 119 Å². The molecule has 0 unspecified atom stereocenters. The number of carbonyl (C=O) groups is 4. The van der Waals surface area contributed by atoms with E-state index in [-0.39, 0.29) is 40.2 Å². The third-order valence-electron chi connectivity index (χ3n) is 4.95. The maximum atomic E-state index is 12.8. The highest BCUT2D eigenvalue weighted by molar-refractivity contribution is 8.18. The summed E-state index contributed by atoms with van der Waals surface area (Å²) in [5, 5.41) is 8.75. The summed E-state index contributed by atoms with van der Waals surface area (Å²) in [5.74, 6) is -1.83. The van der Waals surface area contributed by atoms with Crippen molar-refractivity contribution in [3.8, 4) is 11.5 Å². The van der Waals surface area contributed by atoms with Gasteiger partial charge in [0.25, 0.3) is 11.1 Å². The van der Waals surface area contributed by atoms with E-state index >= 15 is 0 Å². The minimum absolute atomic E-state index is 0.0428. The molecular weight excluding hydrogens is 498 g/mol. The van der Waals surface area contributed by atoms with Gasteiger partial charge in [-0.05, 0) is 67.1 Å². The summed E-state index contributed by atoms with van der Waals surface area (Å²) in [6.07, 6.45) is 1.47. The van der Waals surface area contributed by atoms with Crippen LogP contribution in [-0.2, 0) is 20.9 Å². The molecule has 9 nitrogen and oxygen atoms in total. The molecule has 1 aliphatic heterocycles.